The van der Waals surface area contributed by atoms with Crippen LogP contribution >= 0.6 is 0 Å². The minimum atomic E-state index is -0.372. The van der Waals surface area contributed by atoms with Crippen molar-refractivity contribution in [2.75, 3.05) is 25.5 Å². The summed E-state index contributed by atoms with van der Waals surface area (Å²) in [5.74, 6) is -0.0128. The molecule has 0 aliphatic heterocycles. The van der Waals surface area contributed by atoms with Crippen molar-refractivity contribution in [2.24, 2.45) is 0 Å². The van der Waals surface area contributed by atoms with Gasteiger partial charge >= 0.3 is 11.8 Å². The minimum Gasteiger partial charge on any atom is -0.378 e. The molecule has 7 nitrogen and oxygen atoms in total. The summed E-state index contributed by atoms with van der Waals surface area (Å²) in [6.07, 6.45) is 2.68. The van der Waals surface area contributed by atoms with Crippen molar-refractivity contribution in [2.45, 2.75) is 6.42 Å². The molecule has 0 aliphatic carbocycles. The molecular formula is C21H21N5O2. The highest BCUT2D eigenvalue weighted by Crippen LogP contribution is 2.20. The number of carbonyl (C=O) groups is 1. The number of para-hydroxylation sites is 1. The van der Waals surface area contributed by atoms with Gasteiger partial charge in [-0.25, -0.2) is 0 Å². The summed E-state index contributed by atoms with van der Waals surface area (Å²) < 4.78 is 5.13. The molecule has 0 aliphatic rings. The van der Waals surface area contributed by atoms with E-state index in [9.17, 15) is 4.79 Å². The molecule has 2 heterocycles. The SMILES string of the molecule is CN(C)c1ccc(-c2noc(C(=O)NCCc3c[nH]c4ccccc34)n2)cc1. The molecule has 142 valence electrons. The van der Waals surface area contributed by atoms with E-state index in [2.05, 4.69) is 26.5 Å². The zero-order valence-corrected chi connectivity index (χ0v) is 15.8. The summed E-state index contributed by atoms with van der Waals surface area (Å²) in [6, 6.07) is 15.8. The van der Waals surface area contributed by atoms with E-state index in [4.69, 9.17) is 4.52 Å². The number of aromatic amines is 1. The van der Waals surface area contributed by atoms with E-state index in [1.807, 2.05) is 67.7 Å². The van der Waals surface area contributed by atoms with Crippen molar-refractivity contribution in [3.05, 3.63) is 66.2 Å². The summed E-state index contributed by atoms with van der Waals surface area (Å²) in [5.41, 5.74) is 4.11. The van der Waals surface area contributed by atoms with Crippen LogP contribution in [-0.2, 0) is 6.42 Å². The molecule has 1 amide bonds. The normalized spacial score (nSPS) is 10.9. The van der Waals surface area contributed by atoms with Crippen LogP contribution in [0.3, 0.4) is 0 Å². The summed E-state index contributed by atoms with van der Waals surface area (Å²) >= 11 is 0. The van der Waals surface area contributed by atoms with Gasteiger partial charge in [-0.3, -0.25) is 4.79 Å². The number of amides is 1. The summed E-state index contributed by atoms with van der Waals surface area (Å²) in [7, 11) is 3.95. The Labute approximate surface area is 162 Å². The second-order valence-electron chi connectivity index (χ2n) is 6.73. The van der Waals surface area contributed by atoms with Gasteiger partial charge in [-0.2, -0.15) is 4.98 Å². The number of benzene rings is 2. The topological polar surface area (TPSA) is 87.0 Å². The molecule has 7 heteroatoms. The van der Waals surface area contributed by atoms with E-state index in [0.717, 1.165) is 27.7 Å². The lowest BCUT2D eigenvalue weighted by atomic mass is 10.1. The van der Waals surface area contributed by atoms with E-state index >= 15 is 0 Å². The quantitative estimate of drug-likeness (QED) is 0.540. The second-order valence-corrected chi connectivity index (χ2v) is 6.73. The zero-order chi connectivity index (χ0) is 19.5. The molecule has 28 heavy (non-hydrogen) atoms. The number of H-pyrrole nitrogens is 1. The molecule has 0 saturated carbocycles. The molecule has 0 atom stereocenters. The molecule has 2 N–H and O–H groups in total. The number of carbonyl (C=O) groups excluding carboxylic acids is 1. The standard InChI is InChI=1S/C21H21N5O2/c1-26(2)16-9-7-14(8-10-16)19-24-21(28-25-19)20(27)22-12-11-15-13-23-18-6-4-3-5-17(15)18/h3-10,13,23H,11-12H2,1-2H3,(H,22,27). The minimum absolute atomic E-state index is 0.0365. The lowest BCUT2D eigenvalue weighted by Crippen LogP contribution is -2.25. The van der Waals surface area contributed by atoms with Crippen molar-refractivity contribution < 1.29 is 9.32 Å². The third-order valence-electron chi connectivity index (χ3n) is 4.62. The molecule has 0 bridgehead atoms. The number of hydrogen-bond acceptors (Lipinski definition) is 5. The van der Waals surface area contributed by atoms with Gasteiger partial charge in [0, 0.05) is 49.0 Å². The van der Waals surface area contributed by atoms with E-state index in [1.165, 1.54) is 0 Å². The largest absolute Gasteiger partial charge is 0.378 e. The van der Waals surface area contributed by atoms with Gasteiger partial charge in [-0.05, 0) is 42.3 Å². The Morgan fingerprint density at radius 2 is 1.93 bits per heavy atom. The lowest BCUT2D eigenvalue weighted by molar-refractivity contribution is 0.0910. The molecule has 4 aromatic rings. The highest BCUT2D eigenvalue weighted by atomic mass is 16.5. The van der Waals surface area contributed by atoms with Gasteiger partial charge < -0.3 is 19.7 Å². The van der Waals surface area contributed by atoms with Crippen molar-refractivity contribution in [3.63, 3.8) is 0 Å². The lowest BCUT2D eigenvalue weighted by Gasteiger charge is -2.11. The molecule has 2 aromatic carbocycles. The van der Waals surface area contributed by atoms with Crippen LogP contribution in [0, 0.1) is 0 Å². The Hall–Kier alpha value is -3.61. The highest BCUT2D eigenvalue weighted by Gasteiger charge is 2.16. The molecular weight excluding hydrogens is 354 g/mol. The maximum Gasteiger partial charge on any atom is 0.316 e. The van der Waals surface area contributed by atoms with Gasteiger partial charge in [0.05, 0.1) is 0 Å². The van der Waals surface area contributed by atoms with Crippen LogP contribution in [-0.4, -0.2) is 41.7 Å². The van der Waals surface area contributed by atoms with Crippen LogP contribution in [0.5, 0.6) is 0 Å². The second kappa shape index (κ2) is 7.56. The predicted molar refractivity (Wildman–Crippen MR) is 108 cm³/mol. The molecule has 2 aromatic heterocycles. The third-order valence-corrected chi connectivity index (χ3v) is 4.62. The Kier molecular flexibility index (Phi) is 4.80. The first-order chi connectivity index (χ1) is 13.6. The Morgan fingerprint density at radius 1 is 1.14 bits per heavy atom. The smallest absolute Gasteiger partial charge is 0.316 e. The third kappa shape index (κ3) is 3.59. The summed E-state index contributed by atoms with van der Waals surface area (Å²) in [5, 5.41) is 7.92. The van der Waals surface area contributed by atoms with Crippen LogP contribution < -0.4 is 10.2 Å². The fourth-order valence-corrected chi connectivity index (χ4v) is 3.07. The number of nitrogens with one attached hydrogen (secondary N) is 2. The zero-order valence-electron chi connectivity index (χ0n) is 15.8. The van der Waals surface area contributed by atoms with Crippen LogP contribution in [0.1, 0.15) is 16.2 Å². The summed E-state index contributed by atoms with van der Waals surface area (Å²) in [6.45, 7) is 0.482. The fraction of sp³-hybridized carbons (Fsp3) is 0.190. The van der Waals surface area contributed by atoms with Crippen molar-refractivity contribution >= 4 is 22.5 Å². The maximum absolute atomic E-state index is 12.3. The van der Waals surface area contributed by atoms with E-state index in [0.29, 0.717) is 18.8 Å². The molecule has 0 radical (unpaired) electrons. The van der Waals surface area contributed by atoms with E-state index < -0.39 is 0 Å². The fourth-order valence-electron chi connectivity index (χ4n) is 3.07. The van der Waals surface area contributed by atoms with Gasteiger partial charge in [-0.1, -0.05) is 23.4 Å². The molecule has 0 saturated heterocycles. The first kappa shape index (κ1) is 17.8. The Bertz CT molecular complexity index is 1100. The van der Waals surface area contributed by atoms with Gasteiger partial charge in [0.2, 0.25) is 5.82 Å². The summed E-state index contributed by atoms with van der Waals surface area (Å²) in [4.78, 5) is 21.8. The number of fused-ring (bicyclic) bond motifs is 1. The average Bonchev–Trinajstić information content (AvgIpc) is 3.36. The van der Waals surface area contributed by atoms with Gasteiger partial charge in [0.25, 0.3) is 0 Å². The van der Waals surface area contributed by atoms with Gasteiger partial charge in [0.1, 0.15) is 0 Å². The maximum atomic E-state index is 12.3. The van der Waals surface area contributed by atoms with Crippen molar-refractivity contribution in [1.29, 1.82) is 0 Å². The first-order valence-corrected chi connectivity index (χ1v) is 9.06. The number of anilines is 1. The van der Waals surface area contributed by atoms with E-state index in [-0.39, 0.29) is 11.8 Å². The number of rotatable bonds is 6. The molecule has 0 fully saturated rings. The number of aromatic nitrogens is 3. The molecule has 0 unspecified atom stereocenters. The van der Waals surface area contributed by atoms with E-state index in [1.54, 1.807) is 0 Å². The van der Waals surface area contributed by atoms with Gasteiger partial charge in [-0.15, -0.1) is 0 Å². The number of nitrogens with zero attached hydrogens (tertiary/aromatic N) is 3. The monoisotopic (exact) mass is 375 g/mol. The van der Waals surface area contributed by atoms with Crippen molar-refractivity contribution in [1.82, 2.24) is 20.4 Å². The highest BCUT2D eigenvalue weighted by molar-refractivity contribution is 5.90. The molecule has 0 spiro atoms. The predicted octanol–water partition coefficient (Wildman–Crippen LogP) is 3.26. The average molecular weight is 375 g/mol. The van der Waals surface area contributed by atoms with Crippen LogP contribution in [0.4, 0.5) is 5.69 Å². The van der Waals surface area contributed by atoms with Crippen LogP contribution in [0.25, 0.3) is 22.3 Å². The number of hydrogen-bond donors (Lipinski definition) is 2. The van der Waals surface area contributed by atoms with Gasteiger partial charge in [0.15, 0.2) is 0 Å². The Balaban J connectivity index is 1.38. The van der Waals surface area contributed by atoms with Crippen LogP contribution in [0.15, 0.2) is 59.3 Å². The first-order valence-electron chi connectivity index (χ1n) is 9.06. The van der Waals surface area contributed by atoms with Crippen LogP contribution in [0.2, 0.25) is 0 Å². The van der Waals surface area contributed by atoms with Crippen molar-refractivity contribution in [3.8, 4) is 11.4 Å². The molecule has 4 rings (SSSR count). The Morgan fingerprint density at radius 3 is 2.71 bits per heavy atom.